The largest absolute Gasteiger partial charge is 0.416 e. The lowest BCUT2D eigenvalue weighted by atomic mass is 10.1. The van der Waals surface area contributed by atoms with Gasteiger partial charge >= 0.3 is 0 Å². The van der Waals surface area contributed by atoms with Crippen molar-refractivity contribution in [2.75, 3.05) is 11.1 Å². The van der Waals surface area contributed by atoms with Gasteiger partial charge < -0.3 is 9.73 Å². The second-order valence-corrected chi connectivity index (χ2v) is 4.86. The summed E-state index contributed by atoms with van der Waals surface area (Å²) in [6.45, 7) is 3.77. The Hall–Kier alpha value is -1.82. The Balaban J connectivity index is 1.90. The summed E-state index contributed by atoms with van der Waals surface area (Å²) in [5, 5.41) is 10.8. The summed E-state index contributed by atoms with van der Waals surface area (Å²) in [6, 6.07) is 7.77. The Morgan fingerprint density at radius 3 is 2.84 bits per heavy atom. The fourth-order valence-corrected chi connectivity index (χ4v) is 2.21. The lowest BCUT2D eigenvalue weighted by Crippen LogP contribution is -2.15. The standard InChI is InChI=1S/C13H15N3O2S/c1-3-10-6-4-5-7-11(10)14-12(17)8-19-13-16-15-9(2)18-13/h4-7H,3,8H2,1-2H3,(H,14,17). The van der Waals surface area contributed by atoms with Crippen molar-refractivity contribution in [3.8, 4) is 0 Å². The summed E-state index contributed by atoms with van der Waals surface area (Å²) in [6.07, 6.45) is 0.881. The Bertz CT molecular complexity index is 569. The number of nitrogens with one attached hydrogen (secondary N) is 1. The van der Waals surface area contributed by atoms with Crippen molar-refractivity contribution in [2.24, 2.45) is 0 Å². The Kier molecular flexibility index (Phi) is 4.57. The first kappa shape index (κ1) is 13.6. The number of thioether (sulfide) groups is 1. The molecule has 5 nitrogen and oxygen atoms in total. The highest BCUT2D eigenvalue weighted by Crippen LogP contribution is 2.18. The van der Waals surface area contributed by atoms with Crippen LogP contribution in [0.5, 0.6) is 0 Å². The molecule has 6 heteroatoms. The Labute approximate surface area is 115 Å². The maximum Gasteiger partial charge on any atom is 0.277 e. The normalized spacial score (nSPS) is 10.4. The number of anilines is 1. The van der Waals surface area contributed by atoms with Crippen molar-refractivity contribution in [2.45, 2.75) is 25.5 Å². The molecule has 0 bridgehead atoms. The highest BCUT2D eigenvalue weighted by molar-refractivity contribution is 7.99. The molecule has 0 radical (unpaired) electrons. The van der Waals surface area contributed by atoms with Gasteiger partial charge in [-0.25, -0.2) is 0 Å². The monoisotopic (exact) mass is 277 g/mol. The van der Waals surface area contributed by atoms with Crippen molar-refractivity contribution in [3.05, 3.63) is 35.7 Å². The number of amides is 1. The highest BCUT2D eigenvalue weighted by atomic mass is 32.2. The first-order valence-corrected chi connectivity index (χ1v) is 6.98. The molecule has 0 aliphatic heterocycles. The van der Waals surface area contributed by atoms with E-state index < -0.39 is 0 Å². The van der Waals surface area contributed by atoms with Gasteiger partial charge in [0, 0.05) is 12.6 Å². The summed E-state index contributed by atoms with van der Waals surface area (Å²) < 4.78 is 5.19. The predicted octanol–water partition coefficient (Wildman–Crippen LogP) is 2.67. The predicted molar refractivity (Wildman–Crippen MR) is 74.2 cm³/mol. The second-order valence-electron chi connectivity index (χ2n) is 3.93. The van der Waals surface area contributed by atoms with E-state index in [1.54, 1.807) is 6.92 Å². The molecule has 2 rings (SSSR count). The molecule has 1 N–H and O–H groups in total. The van der Waals surface area contributed by atoms with E-state index in [9.17, 15) is 4.79 Å². The molecule has 1 aromatic heterocycles. The molecule has 0 atom stereocenters. The number of nitrogens with zero attached hydrogens (tertiary/aromatic N) is 2. The molecular formula is C13H15N3O2S. The lowest BCUT2D eigenvalue weighted by molar-refractivity contribution is -0.113. The van der Waals surface area contributed by atoms with Crippen LogP contribution in [0.3, 0.4) is 0 Å². The molecule has 1 amide bonds. The molecule has 0 fully saturated rings. The molecule has 0 unspecified atom stereocenters. The van der Waals surface area contributed by atoms with Crippen molar-refractivity contribution in [1.82, 2.24) is 10.2 Å². The van der Waals surface area contributed by atoms with E-state index in [1.807, 2.05) is 24.3 Å². The highest BCUT2D eigenvalue weighted by Gasteiger charge is 2.09. The van der Waals surface area contributed by atoms with E-state index in [1.165, 1.54) is 11.8 Å². The van der Waals surface area contributed by atoms with Crippen LogP contribution in [0.25, 0.3) is 0 Å². The number of hydrogen-bond donors (Lipinski definition) is 1. The fourth-order valence-electron chi connectivity index (χ4n) is 1.60. The molecule has 1 heterocycles. The van der Waals surface area contributed by atoms with Gasteiger partial charge in [0.1, 0.15) is 0 Å². The summed E-state index contributed by atoms with van der Waals surface area (Å²) in [7, 11) is 0. The zero-order chi connectivity index (χ0) is 13.7. The summed E-state index contributed by atoms with van der Waals surface area (Å²) in [5.41, 5.74) is 1.98. The van der Waals surface area contributed by atoms with Gasteiger partial charge in [-0.2, -0.15) is 0 Å². The van der Waals surface area contributed by atoms with Crippen LogP contribution < -0.4 is 5.32 Å². The van der Waals surface area contributed by atoms with Gasteiger partial charge in [-0.1, -0.05) is 36.9 Å². The van der Waals surface area contributed by atoms with Crippen molar-refractivity contribution >= 4 is 23.4 Å². The first-order valence-electron chi connectivity index (χ1n) is 5.99. The zero-order valence-corrected chi connectivity index (χ0v) is 11.7. The fraction of sp³-hybridized carbons (Fsp3) is 0.308. The van der Waals surface area contributed by atoms with E-state index in [2.05, 4.69) is 22.4 Å². The van der Waals surface area contributed by atoms with Gasteiger partial charge in [-0.3, -0.25) is 4.79 Å². The topological polar surface area (TPSA) is 68.0 Å². The molecule has 2 aromatic rings. The van der Waals surface area contributed by atoms with Crippen LogP contribution in [0.2, 0.25) is 0 Å². The number of rotatable bonds is 5. The van der Waals surface area contributed by atoms with Gasteiger partial charge in [-0.05, 0) is 18.1 Å². The van der Waals surface area contributed by atoms with E-state index in [-0.39, 0.29) is 11.7 Å². The molecule has 19 heavy (non-hydrogen) atoms. The molecule has 0 saturated carbocycles. The smallest absolute Gasteiger partial charge is 0.277 e. The average molecular weight is 277 g/mol. The van der Waals surface area contributed by atoms with Crippen molar-refractivity contribution in [1.29, 1.82) is 0 Å². The van der Waals surface area contributed by atoms with Crippen LogP contribution in [-0.2, 0) is 11.2 Å². The summed E-state index contributed by atoms with van der Waals surface area (Å²) >= 11 is 1.23. The number of carbonyl (C=O) groups is 1. The maximum absolute atomic E-state index is 11.8. The maximum atomic E-state index is 11.8. The Morgan fingerprint density at radius 2 is 2.16 bits per heavy atom. The second kappa shape index (κ2) is 6.38. The molecule has 1 aromatic carbocycles. The van der Waals surface area contributed by atoms with E-state index in [4.69, 9.17) is 4.42 Å². The van der Waals surface area contributed by atoms with Gasteiger partial charge in [-0.15, -0.1) is 10.2 Å². The van der Waals surface area contributed by atoms with Gasteiger partial charge in [0.2, 0.25) is 11.8 Å². The molecule has 100 valence electrons. The Morgan fingerprint density at radius 1 is 1.37 bits per heavy atom. The van der Waals surface area contributed by atoms with Crippen LogP contribution in [-0.4, -0.2) is 21.9 Å². The number of hydrogen-bond acceptors (Lipinski definition) is 5. The number of aryl methyl sites for hydroxylation is 2. The number of aromatic nitrogens is 2. The average Bonchev–Trinajstić information content (AvgIpc) is 2.83. The molecule has 0 saturated heterocycles. The number of carbonyl (C=O) groups excluding carboxylic acids is 1. The third kappa shape index (κ3) is 3.82. The van der Waals surface area contributed by atoms with Crippen LogP contribution in [0.15, 0.2) is 33.9 Å². The SMILES string of the molecule is CCc1ccccc1NC(=O)CSc1nnc(C)o1. The first-order chi connectivity index (χ1) is 9.19. The molecule has 0 aliphatic rings. The molecule has 0 spiro atoms. The van der Waals surface area contributed by atoms with E-state index >= 15 is 0 Å². The van der Waals surface area contributed by atoms with Crippen molar-refractivity contribution < 1.29 is 9.21 Å². The minimum atomic E-state index is -0.0817. The van der Waals surface area contributed by atoms with Crippen LogP contribution in [0.4, 0.5) is 5.69 Å². The third-order valence-corrected chi connectivity index (χ3v) is 3.33. The number of para-hydroxylation sites is 1. The van der Waals surface area contributed by atoms with Crippen LogP contribution in [0.1, 0.15) is 18.4 Å². The number of benzene rings is 1. The van der Waals surface area contributed by atoms with Gasteiger partial charge in [0.15, 0.2) is 0 Å². The lowest BCUT2D eigenvalue weighted by Gasteiger charge is -2.08. The minimum absolute atomic E-state index is 0.0817. The van der Waals surface area contributed by atoms with Crippen LogP contribution in [0, 0.1) is 6.92 Å². The van der Waals surface area contributed by atoms with Crippen molar-refractivity contribution in [3.63, 3.8) is 0 Å². The zero-order valence-electron chi connectivity index (χ0n) is 10.8. The van der Waals surface area contributed by atoms with Gasteiger partial charge in [0.25, 0.3) is 5.22 Å². The van der Waals surface area contributed by atoms with Crippen LogP contribution >= 0.6 is 11.8 Å². The van der Waals surface area contributed by atoms with E-state index in [0.29, 0.717) is 11.1 Å². The summed E-state index contributed by atoms with van der Waals surface area (Å²) in [5.74, 6) is 0.667. The van der Waals surface area contributed by atoms with Gasteiger partial charge in [0.05, 0.1) is 5.75 Å². The molecular weight excluding hydrogens is 262 g/mol. The third-order valence-electron chi connectivity index (χ3n) is 2.51. The minimum Gasteiger partial charge on any atom is -0.416 e. The van der Waals surface area contributed by atoms with E-state index in [0.717, 1.165) is 17.7 Å². The summed E-state index contributed by atoms with van der Waals surface area (Å²) in [4.78, 5) is 11.8. The quantitative estimate of drug-likeness (QED) is 0.851. The molecule has 0 aliphatic carbocycles.